The second-order valence-corrected chi connectivity index (χ2v) is 4.08. The van der Waals surface area contributed by atoms with Crippen LogP contribution < -0.4 is 4.90 Å². The molecule has 1 N–H and O–H groups in total. The molecule has 0 aliphatic rings. The Kier molecular flexibility index (Phi) is 5.26. The van der Waals surface area contributed by atoms with Gasteiger partial charge in [-0.05, 0) is 31.4 Å². The fourth-order valence-electron chi connectivity index (χ4n) is 1.65. The molecule has 3 heteroatoms. The Labute approximate surface area is 96.7 Å². The van der Waals surface area contributed by atoms with Gasteiger partial charge in [0.2, 0.25) is 0 Å². The summed E-state index contributed by atoms with van der Waals surface area (Å²) in [5, 5.41) is 9.40. The number of hydrogen-bond acceptors (Lipinski definition) is 2. The lowest BCUT2D eigenvalue weighted by atomic mass is 10.1. The largest absolute Gasteiger partial charge is 0.393 e. The molecule has 1 aromatic rings. The van der Waals surface area contributed by atoms with Gasteiger partial charge in [-0.3, -0.25) is 0 Å². The Morgan fingerprint density at radius 3 is 2.69 bits per heavy atom. The normalized spacial score (nSPS) is 12.5. The molecule has 0 amide bonds. The van der Waals surface area contributed by atoms with Gasteiger partial charge in [-0.25, -0.2) is 4.39 Å². The fraction of sp³-hybridized carbons (Fsp3) is 0.538. The van der Waals surface area contributed by atoms with Crippen LogP contribution in [0.25, 0.3) is 0 Å². The first-order valence-electron chi connectivity index (χ1n) is 5.79. The first kappa shape index (κ1) is 13.0. The molecule has 0 heterocycles. The summed E-state index contributed by atoms with van der Waals surface area (Å²) in [4.78, 5) is 1.89. The van der Waals surface area contributed by atoms with Gasteiger partial charge >= 0.3 is 0 Å². The molecule has 0 aromatic heterocycles. The summed E-state index contributed by atoms with van der Waals surface area (Å²) < 4.78 is 13.4. The zero-order valence-electron chi connectivity index (χ0n) is 9.99. The first-order valence-corrected chi connectivity index (χ1v) is 5.79. The van der Waals surface area contributed by atoms with E-state index in [9.17, 15) is 9.50 Å². The van der Waals surface area contributed by atoms with Crippen molar-refractivity contribution in [1.29, 1.82) is 0 Å². The van der Waals surface area contributed by atoms with Crippen LogP contribution in [-0.2, 0) is 0 Å². The van der Waals surface area contributed by atoms with Crippen LogP contribution in [0.15, 0.2) is 24.3 Å². The molecule has 1 aromatic carbocycles. The van der Waals surface area contributed by atoms with Crippen molar-refractivity contribution >= 4 is 5.69 Å². The van der Waals surface area contributed by atoms with Crippen molar-refractivity contribution in [1.82, 2.24) is 0 Å². The van der Waals surface area contributed by atoms with Crippen LogP contribution in [-0.4, -0.2) is 24.8 Å². The van der Waals surface area contributed by atoms with Crippen LogP contribution in [0.1, 0.15) is 26.2 Å². The van der Waals surface area contributed by atoms with Gasteiger partial charge in [0.05, 0.1) is 11.8 Å². The number of halogens is 1. The molecule has 0 saturated heterocycles. The highest BCUT2D eigenvalue weighted by Gasteiger charge is 2.07. The van der Waals surface area contributed by atoms with E-state index in [4.69, 9.17) is 0 Å². The maximum Gasteiger partial charge on any atom is 0.146 e. The van der Waals surface area contributed by atoms with Crippen molar-refractivity contribution in [3.05, 3.63) is 30.1 Å². The van der Waals surface area contributed by atoms with Crippen molar-refractivity contribution in [2.24, 2.45) is 0 Å². The Bertz CT molecular complexity index is 317. The molecule has 0 aliphatic heterocycles. The second kappa shape index (κ2) is 6.48. The zero-order chi connectivity index (χ0) is 12.0. The third kappa shape index (κ3) is 3.81. The summed E-state index contributed by atoms with van der Waals surface area (Å²) in [7, 11) is 1.87. The fourth-order valence-corrected chi connectivity index (χ4v) is 1.65. The minimum Gasteiger partial charge on any atom is -0.393 e. The third-order valence-corrected chi connectivity index (χ3v) is 2.77. The van der Waals surface area contributed by atoms with Gasteiger partial charge in [0.1, 0.15) is 5.82 Å². The molecule has 0 bridgehead atoms. The van der Waals surface area contributed by atoms with Gasteiger partial charge in [0.25, 0.3) is 0 Å². The van der Waals surface area contributed by atoms with E-state index in [1.807, 2.05) is 24.9 Å². The smallest absolute Gasteiger partial charge is 0.146 e. The highest BCUT2D eigenvalue weighted by molar-refractivity contribution is 5.46. The van der Waals surface area contributed by atoms with E-state index in [0.717, 1.165) is 25.8 Å². The molecule has 0 aliphatic carbocycles. The monoisotopic (exact) mass is 225 g/mol. The average molecular weight is 225 g/mol. The van der Waals surface area contributed by atoms with E-state index in [1.54, 1.807) is 12.1 Å². The average Bonchev–Trinajstić information content (AvgIpc) is 2.29. The van der Waals surface area contributed by atoms with Crippen molar-refractivity contribution in [3.63, 3.8) is 0 Å². The molecule has 2 nitrogen and oxygen atoms in total. The number of anilines is 1. The molecule has 1 atom stereocenters. The van der Waals surface area contributed by atoms with Crippen molar-refractivity contribution in [2.75, 3.05) is 18.5 Å². The molecule has 0 spiro atoms. The number of nitrogens with zero attached hydrogens (tertiary/aromatic N) is 1. The van der Waals surface area contributed by atoms with Crippen molar-refractivity contribution in [2.45, 2.75) is 32.3 Å². The summed E-state index contributed by atoms with van der Waals surface area (Å²) in [5.74, 6) is -0.193. The Balaban J connectivity index is 2.41. The second-order valence-electron chi connectivity index (χ2n) is 4.08. The molecule has 16 heavy (non-hydrogen) atoms. The number of aliphatic hydroxyl groups is 1. The predicted octanol–water partition coefficient (Wildman–Crippen LogP) is 2.81. The highest BCUT2D eigenvalue weighted by atomic mass is 19.1. The van der Waals surface area contributed by atoms with Gasteiger partial charge < -0.3 is 10.0 Å². The summed E-state index contributed by atoms with van der Waals surface area (Å²) in [6, 6.07) is 6.75. The van der Waals surface area contributed by atoms with Crippen molar-refractivity contribution in [3.8, 4) is 0 Å². The van der Waals surface area contributed by atoms with Crippen LogP contribution in [0.2, 0.25) is 0 Å². The molecule has 90 valence electrons. The van der Waals surface area contributed by atoms with Crippen LogP contribution in [0, 0.1) is 5.82 Å². The van der Waals surface area contributed by atoms with E-state index in [0.29, 0.717) is 5.69 Å². The quantitative estimate of drug-likeness (QED) is 0.804. The SMILES string of the molecule is CCC(O)CCCN(C)c1ccccc1F. The Morgan fingerprint density at radius 2 is 2.06 bits per heavy atom. The molecule has 1 rings (SSSR count). The summed E-state index contributed by atoms with van der Waals surface area (Å²) in [5.41, 5.74) is 0.619. The number of rotatable bonds is 6. The molecule has 0 saturated carbocycles. The third-order valence-electron chi connectivity index (χ3n) is 2.77. The van der Waals surface area contributed by atoms with E-state index in [-0.39, 0.29) is 11.9 Å². The zero-order valence-corrected chi connectivity index (χ0v) is 9.99. The molecule has 0 radical (unpaired) electrons. The van der Waals surface area contributed by atoms with Crippen LogP contribution in [0.3, 0.4) is 0 Å². The van der Waals surface area contributed by atoms with E-state index in [1.165, 1.54) is 6.07 Å². The van der Waals surface area contributed by atoms with Gasteiger partial charge in [0.15, 0.2) is 0 Å². The van der Waals surface area contributed by atoms with E-state index >= 15 is 0 Å². The molecular weight excluding hydrogens is 205 g/mol. The van der Waals surface area contributed by atoms with Gasteiger partial charge in [-0.1, -0.05) is 19.1 Å². The van der Waals surface area contributed by atoms with E-state index < -0.39 is 0 Å². The van der Waals surface area contributed by atoms with Crippen molar-refractivity contribution < 1.29 is 9.50 Å². The van der Waals surface area contributed by atoms with Crippen LogP contribution in [0.5, 0.6) is 0 Å². The first-order chi connectivity index (χ1) is 7.65. The van der Waals surface area contributed by atoms with Crippen LogP contribution >= 0.6 is 0 Å². The van der Waals surface area contributed by atoms with Gasteiger partial charge in [-0.2, -0.15) is 0 Å². The maximum absolute atomic E-state index is 13.4. The predicted molar refractivity (Wildman–Crippen MR) is 65.2 cm³/mol. The maximum atomic E-state index is 13.4. The van der Waals surface area contributed by atoms with Gasteiger partial charge in [0, 0.05) is 13.6 Å². The number of benzene rings is 1. The Morgan fingerprint density at radius 1 is 1.38 bits per heavy atom. The number of aliphatic hydroxyl groups excluding tert-OH is 1. The number of hydrogen-bond donors (Lipinski definition) is 1. The molecule has 1 unspecified atom stereocenters. The molecular formula is C13H20FNO. The Hall–Kier alpha value is -1.09. The lowest BCUT2D eigenvalue weighted by Crippen LogP contribution is -2.21. The lowest BCUT2D eigenvalue weighted by molar-refractivity contribution is 0.158. The van der Waals surface area contributed by atoms with Crippen LogP contribution in [0.4, 0.5) is 10.1 Å². The summed E-state index contributed by atoms with van der Waals surface area (Å²) in [6.07, 6.45) is 2.20. The van der Waals surface area contributed by atoms with Gasteiger partial charge in [-0.15, -0.1) is 0 Å². The minimum absolute atomic E-state index is 0.193. The molecule has 0 fully saturated rings. The summed E-state index contributed by atoms with van der Waals surface area (Å²) in [6.45, 7) is 2.73. The van der Waals surface area contributed by atoms with E-state index in [2.05, 4.69) is 0 Å². The minimum atomic E-state index is -0.228. The summed E-state index contributed by atoms with van der Waals surface area (Å²) >= 11 is 0. The lowest BCUT2D eigenvalue weighted by Gasteiger charge is -2.20. The number of para-hydroxylation sites is 1. The topological polar surface area (TPSA) is 23.5 Å². The standard InChI is InChI=1S/C13H20FNO/c1-3-11(16)7-6-10-15(2)13-9-5-4-8-12(13)14/h4-5,8-9,11,16H,3,6-7,10H2,1-2H3. The highest BCUT2D eigenvalue weighted by Crippen LogP contribution is 2.17.